The highest BCUT2D eigenvalue weighted by Crippen LogP contribution is 2.51. The molecular weight excluding hydrogens is 1050 g/mol. The van der Waals surface area contributed by atoms with Gasteiger partial charge in [-0.3, -0.25) is 9.97 Å². The molecule has 0 saturated heterocycles. The van der Waals surface area contributed by atoms with E-state index in [1.54, 1.807) is 0 Å². The first-order valence-corrected chi connectivity index (χ1v) is 29.0. The zero-order valence-corrected chi connectivity index (χ0v) is 46.6. The predicted octanol–water partition coefficient (Wildman–Crippen LogP) is 22.4. The number of furan rings is 2. The Kier molecular flexibility index (Phi) is 12.4. The van der Waals surface area contributed by atoms with Crippen LogP contribution in [0.2, 0.25) is 0 Å². The van der Waals surface area contributed by atoms with Crippen LogP contribution >= 0.6 is 0 Å². The van der Waals surface area contributed by atoms with Crippen LogP contribution in [-0.4, -0.2) is 9.97 Å². The monoisotopic (exact) mass is 1100 g/mol. The molecule has 0 atom stereocenters. The van der Waals surface area contributed by atoms with Crippen LogP contribution in [0.25, 0.3) is 121 Å². The minimum atomic E-state index is 0.795. The summed E-state index contributed by atoms with van der Waals surface area (Å²) in [6.45, 7) is 0. The molecule has 4 heterocycles. The Bertz CT molecular complexity index is 4840. The standard InChI is InChI=1S/C80H52N4O2/c1-5-19-55(20-6-1)77-69-37-35-63(49-75(69)85-79(77)57-23-9-3-10-24-57)83(61-29-17-27-59(47-61)53-39-43-81-44-40-53)73-51-71-66-32-14-16-34-68(66)74(52-72(71)65-31-13-15-33-67(65)73)84(62-30-18-28-60(48-62)54-41-45-82-46-42-54)64-36-38-70-76(50-64)86-80(58-25-11-4-12-26-58)78(70)56-21-7-2-8-22-56/h1-52H. The summed E-state index contributed by atoms with van der Waals surface area (Å²) in [4.78, 5) is 13.5. The van der Waals surface area contributed by atoms with Gasteiger partial charge in [-0.25, -0.2) is 0 Å². The van der Waals surface area contributed by atoms with Crippen molar-refractivity contribution in [2.24, 2.45) is 0 Å². The van der Waals surface area contributed by atoms with Gasteiger partial charge in [-0.05, 0) is 140 Å². The van der Waals surface area contributed by atoms with Crippen LogP contribution in [0.1, 0.15) is 0 Å². The lowest BCUT2D eigenvalue weighted by molar-refractivity contribution is 0.632. The molecule has 0 radical (unpaired) electrons. The third kappa shape index (κ3) is 8.83. The number of hydrogen-bond donors (Lipinski definition) is 0. The first-order chi connectivity index (χ1) is 42.7. The number of anilines is 6. The smallest absolute Gasteiger partial charge is 0.143 e. The molecule has 4 aromatic heterocycles. The Morgan fingerprint density at radius 1 is 0.221 bits per heavy atom. The molecule has 16 rings (SSSR count). The average Bonchev–Trinajstić information content (AvgIpc) is 1.43. The number of aromatic nitrogens is 2. The summed E-state index contributed by atoms with van der Waals surface area (Å²) < 4.78 is 14.2. The Labute approximate surface area is 497 Å². The molecule has 0 amide bonds. The van der Waals surface area contributed by atoms with E-state index in [2.05, 4.69) is 299 Å². The van der Waals surface area contributed by atoms with Crippen LogP contribution in [-0.2, 0) is 0 Å². The molecule has 0 saturated carbocycles. The maximum Gasteiger partial charge on any atom is 0.143 e. The first-order valence-electron chi connectivity index (χ1n) is 29.0. The van der Waals surface area contributed by atoms with E-state index in [-0.39, 0.29) is 0 Å². The van der Waals surface area contributed by atoms with Crippen molar-refractivity contribution in [2.75, 3.05) is 9.80 Å². The molecule has 6 nitrogen and oxygen atoms in total. The summed E-state index contributed by atoms with van der Waals surface area (Å²) in [5.74, 6) is 1.68. The summed E-state index contributed by atoms with van der Waals surface area (Å²) in [7, 11) is 0. The van der Waals surface area contributed by atoms with Gasteiger partial charge in [0, 0.05) is 103 Å². The van der Waals surface area contributed by atoms with Crippen molar-refractivity contribution in [2.45, 2.75) is 0 Å². The van der Waals surface area contributed by atoms with Crippen molar-refractivity contribution < 1.29 is 8.83 Å². The van der Waals surface area contributed by atoms with Crippen LogP contribution in [0.3, 0.4) is 0 Å². The van der Waals surface area contributed by atoms with E-state index in [0.717, 1.165) is 156 Å². The Balaban J connectivity index is 0.938. The van der Waals surface area contributed by atoms with Crippen molar-refractivity contribution in [1.29, 1.82) is 0 Å². The Hall–Kier alpha value is -11.6. The minimum Gasteiger partial charge on any atom is -0.455 e. The zero-order chi connectivity index (χ0) is 56.9. The van der Waals surface area contributed by atoms with Crippen LogP contribution in [0.15, 0.2) is 325 Å². The molecule has 0 aliphatic carbocycles. The quantitative estimate of drug-likeness (QED) is 0.114. The summed E-state index contributed by atoms with van der Waals surface area (Å²) in [5.41, 5.74) is 18.3. The summed E-state index contributed by atoms with van der Waals surface area (Å²) in [6.07, 6.45) is 7.42. The van der Waals surface area contributed by atoms with Gasteiger partial charge in [-0.2, -0.15) is 0 Å². The summed E-state index contributed by atoms with van der Waals surface area (Å²) in [5, 5.41) is 8.75. The highest BCUT2D eigenvalue weighted by Gasteiger charge is 2.26. The SMILES string of the molecule is c1ccc(-c2oc3cc(N(c4cccc(-c5ccncc5)c4)c4cc5c6ccccc6c(N(c6cccc(-c7ccncc7)c6)c6ccc7c(-c8ccccc8)c(-c8ccccc8)oc7c6)cc5c5ccccc45)ccc3c2-c2ccccc2)cc1. The lowest BCUT2D eigenvalue weighted by Gasteiger charge is -2.30. The van der Waals surface area contributed by atoms with Gasteiger partial charge in [0.15, 0.2) is 0 Å². The van der Waals surface area contributed by atoms with Crippen molar-refractivity contribution in [1.82, 2.24) is 9.97 Å². The number of rotatable bonds is 12. The molecule has 0 aliphatic rings. The van der Waals surface area contributed by atoms with Gasteiger partial charge >= 0.3 is 0 Å². The lowest BCUT2D eigenvalue weighted by Crippen LogP contribution is -2.12. The molecule has 0 spiro atoms. The number of hydrogen-bond acceptors (Lipinski definition) is 6. The maximum absolute atomic E-state index is 7.08. The normalized spacial score (nSPS) is 11.5. The third-order valence-electron chi connectivity index (χ3n) is 16.6. The summed E-state index contributed by atoms with van der Waals surface area (Å²) >= 11 is 0. The third-order valence-corrected chi connectivity index (χ3v) is 16.6. The number of nitrogens with zero attached hydrogens (tertiary/aromatic N) is 4. The van der Waals surface area contributed by atoms with E-state index >= 15 is 0 Å². The van der Waals surface area contributed by atoms with Crippen LogP contribution in [0.5, 0.6) is 0 Å². The maximum atomic E-state index is 7.08. The Morgan fingerprint density at radius 2 is 0.558 bits per heavy atom. The summed E-state index contributed by atoms with van der Waals surface area (Å²) in [6, 6.07) is 104. The van der Waals surface area contributed by atoms with Crippen molar-refractivity contribution in [3.63, 3.8) is 0 Å². The fourth-order valence-corrected chi connectivity index (χ4v) is 12.7. The van der Waals surface area contributed by atoms with E-state index in [1.165, 1.54) is 0 Å². The molecule has 0 unspecified atom stereocenters. The molecule has 0 aliphatic heterocycles. The van der Waals surface area contributed by atoms with Gasteiger partial charge in [-0.15, -0.1) is 0 Å². The average molecular weight is 1100 g/mol. The second kappa shape index (κ2) is 21.3. The van der Waals surface area contributed by atoms with E-state index in [4.69, 9.17) is 8.83 Å². The molecular formula is C80H52N4O2. The van der Waals surface area contributed by atoms with Gasteiger partial charge in [0.2, 0.25) is 0 Å². The highest BCUT2D eigenvalue weighted by molar-refractivity contribution is 6.25. The molecule has 0 N–H and O–H groups in total. The molecule has 16 aromatic rings. The second-order valence-corrected chi connectivity index (χ2v) is 21.7. The molecule has 404 valence electrons. The largest absolute Gasteiger partial charge is 0.455 e. The highest BCUT2D eigenvalue weighted by atomic mass is 16.3. The topological polar surface area (TPSA) is 58.5 Å². The lowest BCUT2D eigenvalue weighted by atomic mass is 9.93. The van der Waals surface area contributed by atoms with Crippen LogP contribution < -0.4 is 9.80 Å². The number of pyridine rings is 2. The van der Waals surface area contributed by atoms with Crippen LogP contribution in [0.4, 0.5) is 34.1 Å². The van der Waals surface area contributed by atoms with Gasteiger partial charge in [0.25, 0.3) is 0 Å². The van der Waals surface area contributed by atoms with Crippen LogP contribution in [0, 0.1) is 0 Å². The predicted molar refractivity (Wildman–Crippen MR) is 356 cm³/mol. The van der Waals surface area contributed by atoms with Gasteiger partial charge in [0.05, 0.1) is 11.4 Å². The Morgan fingerprint density at radius 3 is 0.953 bits per heavy atom. The van der Waals surface area contributed by atoms with E-state index in [9.17, 15) is 0 Å². The molecule has 0 fully saturated rings. The fourth-order valence-electron chi connectivity index (χ4n) is 12.7. The number of benzene rings is 12. The zero-order valence-electron chi connectivity index (χ0n) is 46.6. The van der Waals surface area contributed by atoms with Crippen molar-refractivity contribution in [3.05, 3.63) is 316 Å². The molecule has 86 heavy (non-hydrogen) atoms. The van der Waals surface area contributed by atoms with Gasteiger partial charge in [-0.1, -0.05) is 194 Å². The molecule has 6 heteroatoms. The molecule has 0 bridgehead atoms. The van der Waals surface area contributed by atoms with E-state index in [0.29, 0.717) is 0 Å². The van der Waals surface area contributed by atoms with Gasteiger partial charge in [0.1, 0.15) is 22.7 Å². The number of fused-ring (bicyclic) bond motifs is 7. The fraction of sp³-hybridized carbons (Fsp3) is 0. The minimum absolute atomic E-state index is 0.795. The van der Waals surface area contributed by atoms with Crippen molar-refractivity contribution >= 4 is 88.4 Å². The first kappa shape index (κ1) is 50.2. The van der Waals surface area contributed by atoms with E-state index in [1.807, 2.05) is 36.9 Å². The van der Waals surface area contributed by atoms with Gasteiger partial charge < -0.3 is 18.6 Å². The molecule has 12 aromatic carbocycles. The van der Waals surface area contributed by atoms with E-state index < -0.39 is 0 Å². The van der Waals surface area contributed by atoms with Crippen molar-refractivity contribution in [3.8, 4) is 67.2 Å². The second-order valence-electron chi connectivity index (χ2n) is 21.7.